The SMILES string of the molecule is CCC(CC)C(=O)NCC1CCN(C(=O)COc2ccccc2)CC1. The van der Waals surface area contributed by atoms with Gasteiger partial charge in [0.1, 0.15) is 5.75 Å². The van der Waals surface area contributed by atoms with Gasteiger partial charge in [0.2, 0.25) is 5.91 Å². The molecule has 2 rings (SSSR count). The van der Waals surface area contributed by atoms with Crippen LogP contribution in [0.15, 0.2) is 30.3 Å². The molecule has 1 aliphatic heterocycles. The van der Waals surface area contributed by atoms with Gasteiger partial charge in [0.05, 0.1) is 0 Å². The number of para-hydroxylation sites is 1. The second-order valence-corrected chi connectivity index (χ2v) is 6.68. The predicted octanol–water partition coefficient (Wildman–Crippen LogP) is 2.86. The lowest BCUT2D eigenvalue weighted by molar-refractivity contribution is -0.135. The number of amides is 2. The third-order valence-electron chi connectivity index (χ3n) is 4.99. The molecule has 0 aliphatic carbocycles. The lowest BCUT2D eigenvalue weighted by Gasteiger charge is -2.32. The van der Waals surface area contributed by atoms with Gasteiger partial charge in [-0.05, 0) is 43.7 Å². The van der Waals surface area contributed by atoms with Crippen LogP contribution in [0, 0.1) is 11.8 Å². The molecule has 0 radical (unpaired) electrons. The van der Waals surface area contributed by atoms with Gasteiger partial charge in [0.15, 0.2) is 6.61 Å². The van der Waals surface area contributed by atoms with Gasteiger partial charge in [-0.3, -0.25) is 9.59 Å². The van der Waals surface area contributed by atoms with Crippen LogP contribution in [0.4, 0.5) is 0 Å². The van der Waals surface area contributed by atoms with Gasteiger partial charge < -0.3 is 15.0 Å². The molecule has 0 atom stereocenters. The van der Waals surface area contributed by atoms with E-state index in [0.29, 0.717) is 5.92 Å². The second kappa shape index (κ2) is 10.1. The van der Waals surface area contributed by atoms with Crippen LogP contribution in [0.2, 0.25) is 0 Å². The number of benzene rings is 1. The molecule has 1 N–H and O–H groups in total. The van der Waals surface area contributed by atoms with E-state index in [-0.39, 0.29) is 24.3 Å². The first-order valence-electron chi connectivity index (χ1n) is 9.37. The highest BCUT2D eigenvalue weighted by Crippen LogP contribution is 2.17. The maximum absolute atomic E-state index is 12.2. The van der Waals surface area contributed by atoms with E-state index in [1.165, 1.54) is 0 Å². The molecule has 5 nitrogen and oxygen atoms in total. The molecular formula is C20H30N2O3. The van der Waals surface area contributed by atoms with Gasteiger partial charge in [-0.15, -0.1) is 0 Å². The third kappa shape index (κ3) is 6.07. The highest BCUT2D eigenvalue weighted by atomic mass is 16.5. The summed E-state index contributed by atoms with van der Waals surface area (Å²) in [6.07, 6.45) is 3.63. The van der Waals surface area contributed by atoms with E-state index in [4.69, 9.17) is 4.74 Å². The Kier molecular flexibility index (Phi) is 7.76. The molecule has 138 valence electrons. The molecule has 1 aliphatic rings. The predicted molar refractivity (Wildman–Crippen MR) is 98.3 cm³/mol. The number of nitrogens with one attached hydrogen (secondary N) is 1. The van der Waals surface area contributed by atoms with Crippen molar-refractivity contribution >= 4 is 11.8 Å². The van der Waals surface area contributed by atoms with E-state index in [9.17, 15) is 9.59 Å². The zero-order chi connectivity index (χ0) is 18.1. The van der Waals surface area contributed by atoms with Crippen molar-refractivity contribution in [2.75, 3.05) is 26.2 Å². The van der Waals surface area contributed by atoms with E-state index in [2.05, 4.69) is 19.2 Å². The molecule has 0 unspecified atom stereocenters. The molecule has 1 fully saturated rings. The molecule has 0 spiro atoms. The first-order valence-corrected chi connectivity index (χ1v) is 9.37. The van der Waals surface area contributed by atoms with Crippen molar-refractivity contribution in [3.05, 3.63) is 30.3 Å². The Bertz CT molecular complexity index is 535. The van der Waals surface area contributed by atoms with Gasteiger partial charge in [-0.1, -0.05) is 32.0 Å². The standard InChI is InChI=1S/C20H30N2O3/c1-3-17(4-2)20(24)21-14-16-10-12-22(13-11-16)19(23)15-25-18-8-6-5-7-9-18/h5-9,16-17H,3-4,10-15H2,1-2H3,(H,21,24). The Morgan fingerprint density at radius 3 is 2.40 bits per heavy atom. The summed E-state index contributed by atoms with van der Waals surface area (Å²) in [6, 6.07) is 9.40. The summed E-state index contributed by atoms with van der Waals surface area (Å²) in [5.41, 5.74) is 0. The minimum absolute atomic E-state index is 0.0309. The molecule has 1 aromatic carbocycles. The summed E-state index contributed by atoms with van der Waals surface area (Å²) in [4.78, 5) is 26.2. The molecular weight excluding hydrogens is 316 g/mol. The molecule has 0 bridgehead atoms. The summed E-state index contributed by atoms with van der Waals surface area (Å²) in [7, 11) is 0. The van der Waals surface area contributed by atoms with E-state index in [0.717, 1.165) is 51.1 Å². The van der Waals surface area contributed by atoms with Crippen molar-refractivity contribution in [2.24, 2.45) is 11.8 Å². The van der Waals surface area contributed by atoms with Crippen molar-refractivity contribution < 1.29 is 14.3 Å². The highest BCUT2D eigenvalue weighted by molar-refractivity contribution is 5.78. The Balaban J connectivity index is 1.67. The molecule has 25 heavy (non-hydrogen) atoms. The maximum atomic E-state index is 12.2. The number of carbonyl (C=O) groups is 2. The molecule has 0 saturated carbocycles. The van der Waals surface area contributed by atoms with Crippen LogP contribution in [0.1, 0.15) is 39.5 Å². The van der Waals surface area contributed by atoms with Gasteiger partial charge in [-0.25, -0.2) is 0 Å². The van der Waals surface area contributed by atoms with Gasteiger partial charge in [0, 0.05) is 25.6 Å². The lowest BCUT2D eigenvalue weighted by Crippen LogP contribution is -2.43. The smallest absolute Gasteiger partial charge is 0.260 e. The molecule has 5 heteroatoms. The van der Waals surface area contributed by atoms with Crippen LogP contribution in [0.3, 0.4) is 0 Å². The summed E-state index contributed by atoms with van der Waals surface area (Å²) in [5, 5.41) is 3.08. The summed E-state index contributed by atoms with van der Waals surface area (Å²) in [6.45, 7) is 6.38. The number of nitrogens with zero attached hydrogens (tertiary/aromatic N) is 1. The van der Waals surface area contributed by atoms with Crippen LogP contribution in [0.25, 0.3) is 0 Å². The number of likely N-dealkylation sites (tertiary alicyclic amines) is 1. The zero-order valence-corrected chi connectivity index (χ0v) is 15.4. The second-order valence-electron chi connectivity index (χ2n) is 6.68. The average Bonchev–Trinajstić information content (AvgIpc) is 2.66. The fourth-order valence-corrected chi connectivity index (χ4v) is 3.19. The van der Waals surface area contributed by atoms with Crippen molar-refractivity contribution in [2.45, 2.75) is 39.5 Å². The van der Waals surface area contributed by atoms with Crippen molar-refractivity contribution in [1.29, 1.82) is 0 Å². The first-order chi connectivity index (χ1) is 12.1. The van der Waals surface area contributed by atoms with Gasteiger partial charge in [-0.2, -0.15) is 0 Å². The van der Waals surface area contributed by atoms with Crippen LogP contribution < -0.4 is 10.1 Å². The van der Waals surface area contributed by atoms with Crippen molar-refractivity contribution in [3.8, 4) is 5.75 Å². The fourth-order valence-electron chi connectivity index (χ4n) is 3.19. The normalized spacial score (nSPS) is 15.2. The molecule has 1 heterocycles. The maximum Gasteiger partial charge on any atom is 0.260 e. The summed E-state index contributed by atoms with van der Waals surface area (Å²) < 4.78 is 5.53. The number of ether oxygens (including phenoxy) is 1. The monoisotopic (exact) mass is 346 g/mol. The van der Waals surface area contributed by atoms with E-state index >= 15 is 0 Å². The Labute approximate surface area is 150 Å². The number of hydrogen-bond donors (Lipinski definition) is 1. The zero-order valence-electron chi connectivity index (χ0n) is 15.4. The van der Waals surface area contributed by atoms with Crippen molar-refractivity contribution in [1.82, 2.24) is 10.2 Å². The molecule has 1 aromatic rings. The largest absolute Gasteiger partial charge is 0.484 e. The van der Waals surface area contributed by atoms with E-state index < -0.39 is 0 Å². The quantitative estimate of drug-likeness (QED) is 0.787. The van der Waals surface area contributed by atoms with Gasteiger partial charge in [0.25, 0.3) is 5.91 Å². The molecule has 2 amide bonds. The van der Waals surface area contributed by atoms with Crippen LogP contribution in [-0.2, 0) is 9.59 Å². The third-order valence-corrected chi connectivity index (χ3v) is 4.99. The lowest BCUT2D eigenvalue weighted by atomic mass is 9.96. The summed E-state index contributed by atoms with van der Waals surface area (Å²) >= 11 is 0. The number of carbonyl (C=O) groups excluding carboxylic acids is 2. The van der Waals surface area contributed by atoms with Crippen molar-refractivity contribution in [3.63, 3.8) is 0 Å². The van der Waals surface area contributed by atoms with Crippen LogP contribution in [0.5, 0.6) is 5.75 Å². The van der Waals surface area contributed by atoms with Crippen LogP contribution >= 0.6 is 0 Å². The molecule has 1 saturated heterocycles. The van der Waals surface area contributed by atoms with Crippen LogP contribution in [-0.4, -0.2) is 43.0 Å². The Morgan fingerprint density at radius 2 is 1.80 bits per heavy atom. The number of piperidine rings is 1. The van der Waals surface area contributed by atoms with E-state index in [1.54, 1.807) is 0 Å². The highest BCUT2D eigenvalue weighted by Gasteiger charge is 2.24. The fraction of sp³-hybridized carbons (Fsp3) is 0.600. The first kappa shape index (κ1) is 19.3. The summed E-state index contributed by atoms with van der Waals surface area (Å²) in [5.74, 6) is 1.49. The molecule has 0 aromatic heterocycles. The minimum Gasteiger partial charge on any atom is -0.484 e. The Hall–Kier alpha value is -2.04. The Morgan fingerprint density at radius 1 is 1.16 bits per heavy atom. The number of rotatable bonds is 8. The number of hydrogen-bond acceptors (Lipinski definition) is 3. The topological polar surface area (TPSA) is 58.6 Å². The minimum atomic E-state index is 0.0309. The van der Waals surface area contributed by atoms with Gasteiger partial charge >= 0.3 is 0 Å². The average molecular weight is 346 g/mol. The van der Waals surface area contributed by atoms with E-state index in [1.807, 2.05) is 35.2 Å².